The summed E-state index contributed by atoms with van der Waals surface area (Å²) in [6.07, 6.45) is 0.703. The van der Waals surface area contributed by atoms with Gasteiger partial charge in [0.05, 0.1) is 13.2 Å². The van der Waals surface area contributed by atoms with Gasteiger partial charge in [-0.05, 0) is 24.0 Å². The molecule has 1 amide bonds. The maximum Gasteiger partial charge on any atom is 0.236 e. The van der Waals surface area contributed by atoms with Crippen LogP contribution in [-0.2, 0) is 4.79 Å². The molecule has 0 aliphatic rings. The van der Waals surface area contributed by atoms with E-state index in [1.807, 2.05) is 24.3 Å². The van der Waals surface area contributed by atoms with Crippen molar-refractivity contribution in [1.82, 2.24) is 5.32 Å². The number of hydrogen-bond acceptors (Lipinski definition) is 3. The SMILES string of the molecule is COc1ccccc1[C@@H](C)CNC(=O)[C@@H](N)CC(C)C. The summed E-state index contributed by atoms with van der Waals surface area (Å²) in [7, 11) is 1.66. The fourth-order valence-electron chi connectivity index (χ4n) is 2.18. The van der Waals surface area contributed by atoms with Crippen LogP contribution in [0.3, 0.4) is 0 Å². The Balaban J connectivity index is 2.54. The molecule has 0 unspecified atom stereocenters. The van der Waals surface area contributed by atoms with Gasteiger partial charge in [-0.15, -0.1) is 0 Å². The van der Waals surface area contributed by atoms with Gasteiger partial charge in [-0.2, -0.15) is 0 Å². The van der Waals surface area contributed by atoms with Gasteiger partial charge in [0.15, 0.2) is 0 Å². The Kier molecular flexibility index (Phi) is 6.52. The highest BCUT2D eigenvalue weighted by Crippen LogP contribution is 2.25. The first-order valence-corrected chi connectivity index (χ1v) is 7.11. The van der Waals surface area contributed by atoms with Crippen LogP contribution in [0.15, 0.2) is 24.3 Å². The molecule has 0 aromatic heterocycles. The van der Waals surface area contributed by atoms with E-state index in [1.54, 1.807) is 7.11 Å². The quantitative estimate of drug-likeness (QED) is 0.804. The van der Waals surface area contributed by atoms with E-state index in [0.29, 0.717) is 18.9 Å². The van der Waals surface area contributed by atoms with E-state index in [2.05, 4.69) is 26.1 Å². The number of benzene rings is 1. The summed E-state index contributed by atoms with van der Waals surface area (Å²) in [6.45, 7) is 6.74. The first-order valence-electron chi connectivity index (χ1n) is 7.11. The zero-order chi connectivity index (χ0) is 15.1. The van der Waals surface area contributed by atoms with Crippen LogP contribution in [0.4, 0.5) is 0 Å². The van der Waals surface area contributed by atoms with Gasteiger partial charge < -0.3 is 15.8 Å². The summed E-state index contributed by atoms with van der Waals surface area (Å²) in [5.74, 6) is 1.37. The molecule has 0 heterocycles. The predicted octanol–water partition coefficient (Wildman–Crippen LogP) is 2.29. The van der Waals surface area contributed by atoms with Gasteiger partial charge in [0.2, 0.25) is 5.91 Å². The number of amides is 1. The average molecular weight is 278 g/mol. The molecule has 2 atom stereocenters. The van der Waals surface area contributed by atoms with E-state index in [0.717, 1.165) is 11.3 Å². The van der Waals surface area contributed by atoms with E-state index in [-0.39, 0.29) is 11.8 Å². The van der Waals surface area contributed by atoms with Crippen LogP contribution in [-0.4, -0.2) is 25.6 Å². The Morgan fingerprint density at radius 1 is 1.30 bits per heavy atom. The number of para-hydroxylation sites is 1. The molecule has 0 spiro atoms. The summed E-state index contributed by atoms with van der Waals surface area (Å²) < 4.78 is 5.34. The third-order valence-electron chi connectivity index (χ3n) is 3.31. The van der Waals surface area contributed by atoms with Crippen LogP contribution in [0.25, 0.3) is 0 Å². The Labute approximate surface area is 121 Å². The largest absolute Gasteiger partial charge is 0.496 e. The molecular weight excluding hydrogens is 252 g/mol. The number of ether oxygens (including phenoxy) is 1. The molecule has 20 heavy (non-hydrogen) atoms. The first-order chi connectivity index (χ1) is 9.45. The van der Waals surface area contributed by atoms with Gasteiger partial charge >= 0.3 is 0 Å². The molecule has 0 saturated heterocycles. The summed E-state index contributed by atoms with van der Waals surface area (Å²) in [5, 5.41) is 2.92. The maximum absolute atomic E-state index is 11.9. The molecule has 0 aliphatic carbocycles. The smallest absolute Gasteiger partial charge is 0.236 e. The summed E-state index contributed by atoms with van der Waals surface area (Å²) in [6, 6.07) is 7.43. The third-order valence-corrected chi connectivity index (χ3v) is 3.31. The summed E-state index contributed by atoms with van der Waals surface area (Å²) >= 11 is 0. The molecule has 112 valence electrons. The average Bonchev–Trinajstić information content (AvgIpc) is 2.43. The van der Waals surface area contributed by atoms with Crippen molar-refractivity contribution >= 4 is 5.91 Å². The number of methoxy groups -OCH3 is 1. The topological polar surface area (TPSA) is 64.3 Å². The second-order valence-electron chi connectivity index (χ2n) is 5.62. The van der Waals surface area contributed by atoms with Crippen LogP contribution in [0.1, 0.15) is 38.7 Å². The summed E-state index contributed by atoms with van der Waals surface area (Å²) in [5.41, 5.74) is 6.95. The minimum atomic E-state index is -0.431. The zero-order valence-electron chi connectivity index (χ0n) is 12.8. The number of hydrogen-bond donors (Lipinski definition) is 2. The number of carbonyl (C=O) groups excluding carboxylic acids is 1. The molecule has 1 rings (SSSR count). The lowest BCUT2D eigenvalue weighted by atomic mass is 9.99. The number of nitrogens with two attached hydrogens (primary N) is 1. The molecule has 0 fully saturated rings. The highest BCUT2D eigenvalue weighted by Gasteiger charge is 2.17. The van der Waals surface area contributed by atoms with Crippen molar-refractivity contribution in [2.75, 3.05) is 13.7 Å². The van der Waals surface area contributed by atoms with Gasteiger partial charge in [-0.3, -0.25) is 4.79 Å². The van der Waals surface area contributed by atoms with Crippen LogP contribution >= 0.6 is 0 Å². The van der Waals surface area contributed by atoms with Crippen molar-refractivity contribution in [3.8, 4) is 5.75 Å². The van der Waals surface area contributed by atoms with Crippen molar-refractivity contribution in [2.24, 2.45) is 11.7 Å². The second-order valence-corrected chi connectivity index (χ2v) is 5.62. The summed E-state index contributed by atoms with van der Waals surface area (Å²) in [4.78, 5) is 11.9. The van der Waals surface area contributed by atoms with Crippen molar-refractivity contribution in [3.63, 3.8) is 0 Å². The standard InChI is InChI=1S/C16H26N2O2/c1-11(2)9-14(17)16(19)18-10-12(3)13-7-5-6-8-15(13)20-4/h5-8,11-12,14H,9-10,17H2,1-4H3,(H,18,19)/t12-,14-/m0/s1. The minimum Gasteiger partial charge on any atom is -0.496 e. The van der Waals surface area contributed by atoms with E-state index in [9.17, 15) is 4.79 Å². The van der Waals surface area contributed by atoms with E-state index < -0.39 is 6.04 Å². The predicted molar refractivity (Wildman–Crippen MR) is 81.8 cm³/mol. The molecule has 0 saturated carbocycles. The molecular formula is C16H26N2O2. The lowest BCUT2D eigenvalue weighted by Crippen LogP contribution is -2.42. The molecule has 0 radical (unpaired) electrons. The lowest BCUT2D eigenvalue weighted by Gasteiger charge is -2.18. The molecule has 4 nitrogen and oxygen atoms in total. The van der Waals surface area contributed by atoms with E-state index in [4.69, 9.17) is 10.5 Å². The highest BCUT2D eigenvalue weighted by atomic mass is 16.5. The van der Waals surface area contributed by atoms with Crippen LogP contribution in [0, 0.1) is 5.92 Å². The molecule has 1 aromatic carbocycles. The normalized spacial score (nSPS) is 13.9. The Morgan fingerprint density at radius 3 is 2.55 bits per heavy atom. The zero-order valence-corrected chi connectivity index (χ0v) is 12.8. The monoisotopic (exact) mass is 278 g/mol. The van der Waals surface area contributed by atoms with E-state index in [1.165, 1.54) is 0 Å². The molecule has 4 heteroatoms. The Hall–Kier alpha value is -1.55. The van der Waals surface area contributed by atoms with Gasteiger partial charge in [0, 0.05) is 12.5 Å². The number of nitrogens with one attached hydrogen (secondary N) is 1. The minimum absolute atomic E-state index is 0.0829. The van der Waals surface area contributed by atoms with Crippen molar-refractivity contribution in [1.29, 1.82) is 0 Å². The van der Waals surface area contributed by atoms with Crippen molar-refractivity contribution in [3.05, 3.63) is 29.8 Å². The molecule has 0 bridgehead atoms. The van der Waals surface area contributed by atoms with Gasteiger partial charge in [0.1, 0.15) is 5.75 Å². The molecule has 0 aliphatic heterocycles. The van der Waals surface area contributed by atoms with Crippen molar-refractivity contribution < 1.29 is 9.53 Å². The van der Waals surface area contributed by atoms with Gasteiger partial charge in [-0.25, -0.2) is 0 Å². The molecule has 3 N–H and O–H groups in total. The fraction of sp³-hybridized carbons (Fsp3) is 0.562. The lowest BCUT2D eigenvalue weighted by molar-refractivity contribution is -0.122. The third kappa shape index (κ3) is 4.85. The van der Waals surface area contributed by atoms with Gasteiger partial charge in [0.25, 0.3) is 0 Å². The number of rotatable bonds is 7. The Morgan fingerprint density at radius 2 is 1.95 bits per heavy atom. The second kappa shape index (κ2) is 7.90. The first kappa shape index (κ1) is 16.5. The van der Waals surface area contributed by atoms with Crippen molar-refractivity contribution in [2.45, 2.75) is 39.2 Å². The Bertz CT molecular complexity index is 432. The number of carbonyl (C=O) groups is 1. The van der Waals surface area contributed by atoms with Crippen LogP contribution in [0.2, 0.25) is 0 Å². The van der Waals surface area contributed by atoms with Crippen LogP contribution in [0.5, 0.6) is 5.75 Å². The maximum atomic E-state index is 11.9. The van der Waals surface area contributed by atoms with Gasteiger partial charge in [-0.1, -0.05) is 39.0 Å². The highest BCUT2D eigenvalue weighted by molar-refractivity contribution is 5.81. The van der Waals surface area contributed by atoms with Crippen LogP contribution < -0.4 is 15.8 Å². The molecule has 1 aromatic rings. The van der Waals surface area contributed by atoms with E-state index >= 15 is 0 Å². The fourth-order valence-corrected chi connectivity index (χ4v) is 2.18.